The molecule has 7 heteroatoms. The van der Waals surface area contributed by atoms with Gasteiger partial charge in [-0.1, -0.05) is 17.7 Å². The lowest BCUT2D eigenvalue weighted by molar-refractivity contribution is 0.122. The largest absolute Gasteiger partial charge is 0.378 e. The molecule has 0 saturated carbocycles. The number of hydrogen-bond acceptors (Lipinski definition) is 6. The highest BCUT2D eigenvalue weighted by atomic mass is 35.5. The Morgan fingerprint density at radius 1 is 1.12 bits per heavy atom. The van der Waals surface area contributed by atoms with Gasteiger partial charge in [0.25, 0.3) is 0 Å². The Kier molecular flexibility index (Phi) is 4.51. The van der Waals surface area contributed by atoms with Crippen molar-refractivity contribution < 1.29 is 4.74 Å². The lowest BCUT2D eigenvalue weighted by Crippen LogP contribution is -2.36. The summed E-state index contributed by atoms with van der Waals surface area (Å²) in [6.07, 6.45) is 1.07. The molecule has 24 heavy (non-hydrogen) atoms. The van der Waals surface area contributed by atoms with Gasteiger partial charge in [-0.3, -0.25) is 0 Å². The van der Waals surface area contributed by atoms with E-state index in [1.807, 2.05) is 0 Å². The maximum Gasteiger partial charge on any atom is 0.230 e. The summed E-state index contributed by atoms with van der Waals surface area (Å²) in [5.74, 6) is 1.35. The highest BCUT2D eigenvalue weighted by Gasteiger charge is 2.15. The van der Waals surface area contributed by atoms with Crippen LogP contribution in [-0.4, -0.2) is 42.8 Å². The second-order valence-electron chi connectivity index (χ2n) is 6.01. The van der Waals surface area contributed by atoms with Crippen LogP contribution in [0.1, 0.15) is 11.1 Å². The second kappa shape index (κ2) is 6.93. The number of anilines is 3. The molecular weight excluding hydrogens is 326 g/mol. The van der Waals surface area contributed by atoms with Gasteiger partial charge >= 0.3 is 0 Å². The molecule has 1 fully saturated rings. The lowest BCUT2D eigenvalue weighted by Gasteiger charge is -2.28. The van der Waals surface area contributed by atoms with E-state index in [1.165, 1.54) is 11.1 Å². The van der Waals surface area contributed by atoms with Gasteiger partial charge < -0.3 is 20.3 Å². The first-order chi connectivity index (χ1) is 11.8. The van der Waals surface area contributed by atoms with Crippen LogP contribution in [-0.2, 0) is 17.7 Å². The predicted octanol–water partition coefficient (Wildman–Crippen LogP) is 2.36. The number of hydrogen-bond donors (Lipinski definition) is 2. The normalized spacial score (nSPS) is 17.5. The van der Waals surface area contributed by atoms with E-state index in [1.54, 1.807) is 6.07 Å². The van der Waals surface area contributed by atoms with Gasteiger partial charge in [-0.25, -0.2) is 4.98 Å². The van der Waals surface area contributed by atoms with Gasteiger partial charge in [0.05, 0.1) is 13.2 Å². The van der Waals surface area contributed by atoms with Crippen molar-refractivity contribution in [1.82, 2.24) is 15.3 Å². The van der Waals surface area contributed by atoms with Crippen LogP contribution in [0.4, 0.5) is 17.5 Å². The molecule has 0 amide bonds. The van der Waals surface area contributed by atoms with E-state index >= 15 is 0 Å². The Hall–Kier alpha value is -1.89. The molecule has 1 aromatic carbocycles. The Balaban J connectivity index is 1.56. The van der Waals surface area contributed by atoms with E-state index in [-0.39, 0.29) is 0 Å². The van der Waals surface area contributed by atoms with Crippen LogP contribution < -0.4 is 15.5 Å². The van der Waals surface area contributed by atoms with Crippen LogP contribution in [0.3, 0.4) is 0 Å². The predicted molar refractivity (Wildman–Crippen MR) is 95.2 cm³/mol. The van der Waals surface area contributed by atoms with E-state index in [2.05, 4.69) is 43.7 Å². The van der Waals surface area contributed by atoms with Gasteiger partial charge in [-0.15, -0.1) is 0 Å². The van der Waals surface area contributed by atoms with Crippen molar-refractivity contribution in [2.75, 3.05) is 43.1 Å². The molecule has 3 heterocycles. The zero-order valence-corrected chi connectivity index (χ0v) is 14.1. The highest BCUT2D eigenvalue weighted by molar-refractivity contribution is 6.29. The van der Waals surface area contributed by atoms with E-state index in [0.717, 1.165) is 44.1 Å². The standard InChI is InChI=1S/C17H20ClN5O/c18-15-10-16(23-5-7-24-8-6-23)22-17(21-15)20-14-2-1-12-3-4-19-11-13(12)9-14/h1-2,9-10,19H,3-8,11H2,(H,20,21,22). The monoisotopic (exact) mass is 345 g/mol. The minimum Gasteiger partial charge on any atom is -0.378 e. The molecular formula is C17H20ClN5O. The van der Waals surface area contributed by atoms with E-state index in [4.69, 9.17) is 16.3 Å². The average molecular weight is 346 g/mol. The van der Waals surface area contributed by atoms with Crippen molar-refractivity contribution in [3.8, 4) is 0 Å². The van der Waals surface area contributed by atoms with Crippen molar-refractivity contribution in [3.63, 3.8) is 0 Å². The van der Waals surface area contributed by atoms with Crippen molar-refractivity contribution in [3.05, 3.63) is 40.5 Å². The summed E-state index contributed by atoms with van der Waals surface area (Å²) in [4.78, 5) is 11.1. The van der Waals surface area contributed by atoms with Gasteiger partial charge in [-0.05, 0) is 36.2 Å². The summed E-state index contributed by atoms with van der Waals surface area (Å²) in [5.41, 5.74) is 3.70. The number of halogens is 1. The Labute approximate surface area is 146 Å². The van der Waals surface area contributed by atoms with Gasteiger partial charge in [-0.2, -0.15) is 4.98 Å². The topological polar surface area (TPSA) is 62.3 Å². The van der Waals surface area contributed by atoms with Gasteiger partial charge in [0.15, 0.2) is 0 Å². The summed E-state index contributed by atoms with van der Waals surface area (Å²) < 4.78 is 5.39. The SMILES string of the molecule is Clc1cc(N2CCOCC2)nc(Nc2ccc3c(c2)CNCC3)n1. The average Bonchev–Trinajstić information content (AvgIpc) is 2.62. The Morgan fingerprint density at radius 2 is 2.00 bits per heavy atom. The van der Waals surface area contributed by atoms with Gasteiger partial charge in [0, 0.05) is 31.4 Å². The highest BCUT2D eigenvalue weighted by Crippen LogP contribution is 2.24. The number of morpholine rings is 1. The second-order valence-corrected chi connectivity index (χ2v) is 6.39. The Bertz CT molecular complexity index is 733. The molecule has 2 N–H and O–H groups in total. The molecule has 0 spiro atoms. The van der Waals surface area contributed by atoms with Crippen LogP contribution in [0.2, 0.25) is 5.15 Å². The molecule has 2 aliphatic rings. The molecule has 0 unspecified atom stereocenters. The quantitative estimate of drug-likeness (QED) is 0.833. The molecule has 2 aliphatic heterocycles. The number of nitrogens with one attached hydrogen (secondary N) is 2. The summed E-state index contributed by atoms with van der Waals surface area (Å²) in [5, 5.41) is 7.12. The van der Waals surface area contributed by atoms with Gasteiger partial charge in [0.1, 0.15) is 11.0 Å². The first kappa shape index (κ1) is 15.6. The number of nitrogens with zero attached hydrogens (tertiary/aromatic N) is 3. The minimum atomic E-state index is 0.439. The molecule has 1 saturated heterocycles. The molecule has 1 aromatic heterocycles. The zero-order chi connectivity index (χ0) is 16.4. The van der Waals surface area contributed by atoms with Crippen molar-refractivity contribution in [2.45, 2.75) is 13.0 Å². The zero-order valence-electron chi connectivity index (χ0n) is 13.4. The minimum absolute atomic E-state index is 0.439. The summed E-state index contributed by atoms with van der Waals surface area (Å²) >= 11 is 6.19. The molecule has 0 radical (unpaired) electrons. The first-order valence-corrected chi connectivity index (χ1v) is 8.62. The van der Waals surface area contributed by atoms with Crippen LogP contribution in [0.5, 0.6) is 0 Å². The third-order valence-corrected chi connectivity index (χ3v) is 4.56. The molecule has 6 nitrogen and oxygen atoms in total. The van der Waals surface area contributed by atoms with Crippen LogP contribution >= 0.6 is 11.6 Å². The molecule has 0 bridgehead atoms. The van der Waals surface area contributed by atoms with Crippen LogP contribution in [0.15, 0.2) is 24.3 Å². The van der Waals surface area contributed by atoms with Crippen LogP contribution in [0, 0.1) is 0 Å². The number of aromatic nitrogens is 2. The number of benzene rings is 1. The molecule has 0 aliphatic carbocycles. The Morgan fingerprint density at radius 3 is 2.88 bits per heavy atom. The lowest BCUT2D eigenvalue weighted by atomic mass is 10.0. The molecule has 4 rings (SSSR count). The van der Waals surface area contributed by atoms with Gasteiger partial charge in [0.2, 0.25) is 5.95 Å². The van der Waals surface area contributed by atoms with Crippen molar-refractivity contribution in [2.24, 2.45) is 0 Å². The maximum atomic E-state index is 6.19. The van der Waals surface area contributed by atoms with Crippen molar-refractivity contribution in [1.29, 1.82) is 0 Å². The molecule has 126 valence electrons. The van der Waals surface area contributed by atoms with E-state index in [0.29, 0.717) is 24.3 Å². The molecule has 2 aromatic rings. The first-order valence-electron chi connectivity index (χ1n) is 8.25. The van der Waals surface area contributed by atoms with Crippen LogP contribution in [0.25, 0.3) is 0 Å². The fourth-order valence-corrected chi connectivity index (χ4v) is 3.28. The molecule has 0 atom stereocenters. The number of rotatable bonds is 3. The van der Waals surface area contributed by atoms with E-state index in [9.17, 15) is 0 Å². The summed E-state index contributed by atoms with van der Waals surface area (Å²) in [6.45, 7) is 5.00. The third kappa shape index (κ3) is 3.45. The fourth-order valence-electron chi connectivity index (χ4n) is 3.10. The third-order valence-electron chi connectivity index (χ3n) is 4.37. The summed E-state index contributed by atoms with van der Waals surface area (Å²) in [6, 6.07) is 8.20. The smallest absolute Gasteiger partial charge is 0.230 e. The fraction of sp³-hybridized carbons (Fsp3) is 0.412. The maximum absolute atomic E-state index is 6.19. The van der Waals surface area contributed by atoms with Crippen molar-refractivity contribution >= 4 is 29.1 Å². The number of fused-ring (bicyclic) bond motifs is 1. The summed E-state index contributed by atoms with van der Waals surface area (Å²) in [7, 11) is 0. The number of ether oxygens (including phenoxy) is 1. The van der Waals surface area contributed by atoms with E-state index < -0.39 is 0 Å².